The van der Waals surface area contributed by atoms with Crippen LogP contribution in [0.15, 0.2) is 79.5 Å². The molecule has 0 saturated heterocycles. The smallest absolute Gasteiger partial charge is 0.343 e. The molecule has 1 aromatic heterocycles. The summed E-state index contributed by atoms with van der Waals surface area (Å²) in [5.74, 6) is 0.380. The van der Waals surface area contributed by atoms with Gasteiger partial charge in [0, 0.05) is 17.8 Å². The Hall–Kier alpha value is -3.93. The molecule has 2 aromatic carbocycles. The Bertz CT molecular complexity index is 1140. The van der Waals surface area contributed by atoms with Crippen molar-refractivity contribution < 1.29 is 23.8 Å². The molecule has 0 saturated carbocycles. The van der Waals surface area contributed by atoms with Crippen LogP contribution in [0.5, 0.6) is 11.5 Å². The molecule has 3 rings (SSSR count). The van der Waals surface area contributed by atoms with E-state index in [1.165, 1.54) is 30.9 Å². The number of carbonyl (C=O) groups is 2. The van der Waals surface area contributed by atoms with Crippen molar-refractivity contribution in [1.82, 2.24) is 4.98 Å². The second kappa shape index (κ2) is 16.0. The number of aromatic nitrogens is 1. The normalized spacial score (nSPS) is 10.6. The van der Waals surface area contributed by atoms with Gasteiger partial charge < -0.3 is 14.2 Å². The molecule has 1 heterocycles. The molecule has 200 valence electrons. The number of aryl methyl sites for hydroxylation is 1. The number of hydrogen-bond donors (Lipinski definition) is 0. The fourth-order valence-corrected chi connectivity index (χ4v) is 3.85. The van der Waals surface area contributed by atoms with E-state index in [1.807, 2.05) is 24.4 Å². The van der Waals surface area contributed by atoms with E-state index < -0.39 is 5.97 Å². The van der Waals surface area contributed by atoms with Crippen LogP contribution in [0, 0.1) is 0 Å². The van der Waals surface area contributed by atoms with Crippen molar-refractivity contribution in [3.8, 4) is 22.8 Å². The van der Waals surface area contributed by atoms with Gasteiger partial charge in [-0.25, -0.2) is 9.59 Å². The van der Waals surface area contributed by atoms with E-state index in [1.54, 1.807) is 36.4 Å². The van der Waals surface area contributed by atoms with Gasteiger partial charge in [-0.05, 0) is 98.7 Å². The Morgan fingerprint density at radius 1 is 0.816 bits per heavy atom. The molecular formula is C32H37NO5. The molecule has 0 amide bonds. The summed E-state index contributed by atoms with van der Waals surface area (Å²) in [6, 6.07) is 18.5. The fourth-order valence-electron chi connectivity index (χ4n) is 3.85. The standard InChI is InChI=1S/C32H37NO5/c1-3-5-8-11-25-12-21-30(33-24-25)26-13-19-29(20-14-26)38-32(35)27-15-17-28(18-16-27)36-22-9-6-7-10-23-37-31(34)4-2/h4,12-21,24H,2-3,5-11,22-23H2,1H3. The van der Waals surface area contributed by atoms with Gasteiger partial charge in [0.1, 0.15) is 11.5 Å². The molecule has 6 nitrogen and oxygen atoms in total. The molecule has 0 aliphatic heterocycles. The number of nitrogens with zero attached hydrogens (tertiary/aromatic N) is 1. The molecule has 0 radical (unpaired) electrons. The maximum Gasteiger partial charge on any atom is 0.343 e. The van der Waals surface area contributed by atoms with Crippen molar-refractivity contribution in [3.63, 3.8) is 0 Å². The molecule has 0 aliphatic rings. The lowest BCUT2D eigenvalue weighted by Gasteiger charge is -2.08. The first-order valence-corrected chi connectivity index (χ1v) is 13.4. The van der Waals surface area contributed by atoms with E-state index in [-0.39, 0.29) is 5.97 Å². The van der Waals surface area contributed by atoms with Crippen LogP contribution in [0.3, 0.4) is 0 Å². The lowest BCUT2D eigenvalue weighted by Crippen LogP contribution is -2.08. The number of benzene rings is 2. The number of esters is 2. The van der Waals surface area contributed by atoms with Gasteiger partial charge >= 0.3 is 11.9 Å². The zero-order chi connectivity index (χ0) is 27.0. The summed E-state index contributed by atoms with van der Waals surface area (Å²) in [6.45, 7) is 6.57. The van der Waals surface area contributed by atoms with E-state index in [0.717, 1.165) is 43.4 Å². The van der Waals surface area contributed by atoms with Crippen molar-refractivity contribution in [3.05, 3.63) is 90.6 Å². The minimum atomic E-state index is -0.420. The lowest BCUT2D eigenvalue weighted by atomic mass is 10.1. The van der Waals surface area contributed by atoms with Crippen LogP contribution in [0.1, 0.15) is 67.8 Å². The quantitative estimate of drug-likeness (QED) is 0.0858. The van der Waals surface area contributed by atoms with Crippen molar-refractivity contribution >= 4 is 11.9 Å². The number of carbonyl (C=O) groups excluding carboxylic acids is 2. The Labute approximate surface area is 225 Å². The first kappa shape index (κ1) is 28.6. The van der Waals surface area contributed by atoms with Crippen LogP contribution in [0.4, 0.5) is 0 Å². The third-order valence-corrected chi connectivity index (χ3v) is 6.06. The van der Waals surface area contributed by atoms with Gasteiger partial charge in [0.25, 0.3) is 0 Å². The lowest BCUT2D eigenvalue weighted by molar-refractivity contribution is -0.137. The highest BCUT2D eigenvalue weighted by Crippen LogP contribution is 2.22. The molecule has 0 bridgehead atoms. The number of rotatable bonds is 16. The molecule has 0 fully saturated rings. The highest BCUT2D eigenvalue weighted by Gasteiger charge is 2.10. The Balaban J connectivity index is 1.39. The first-order chi connectivity index (χ1) is 18.6. The number of pyridine rings is 1. The van der Waals surface area contributed by atoms with E-state index in [4.69, 9.17) is 14.2 Å². The highest BCUT2D eigenvalue weighted by atomic mass is 16.5. The van der Waals surface area contributed by atoms with Gasteiger partial charge in [0.2, 0.25) is 0 Å². The van der Waals surface area contributed by atoms with Crippen molar-refractivity contribution in [2.45, 2.75) is 58.3 Å². The van der Waals surface area contributed by atoms with Crippen molar-refractivity contribution in [1.29, 1.82) is 0 Å². The summed E-state index contributed by atoms with van der Waals surface area (Å²) in [6.07, 6.45) is 11.5. The topological polar surface area (TPSA) is 74.7 Å². The van der Waals surface area contributed by atoms with Crippen molar-refractivity contribution in [2.75, 3.05) is 13.2 Å². The second-order valence-electron chi connectivity index (χ2n) is 9.08. The maximum absolute atomic E-state index is 12.6. The van der Waals surface area contributed by atoms with Crippen molar-refractivity contribution in [2.24, 2.45) is 0 Å². The molecule has 0 unspecified atom stereocenters. The molecule has 3 aromatic rings. The molecule has 0 spiro atoms. The zero-order valence-corrected chi connectivity index (χ0v) is 22.2. The van der Waals surface area contributed by atoms with Gasteiger partial charge in [0.15, 0.2) is 0 Å². The molecule has 38 heavy (non-hydrogen) atoms. The Morgan fingerprint density at radius 2 is 1.53 bits per heavy atom. The van der Waals surface area contributed by atoms with Crippen LogP contribution in [-0.2, 0) is 16.0 Å². The second-order valence-corrected chi connectivity index (χ2v) is 9.08. The average Bonchev–Trinajstić information content (AvgIpc) is 2.95. The number of ether oxygens (including phenoxy) is 3. The fraction of sp³-hybridized carbons (Fsp3) is 0.344. The summed E-state index contributed by atoms with van der Waals surface area (Å²) in [7, 11) is 0. The summed E-state index contributed by atoms with van der Waals surface area (Å²) < 4.78 is 16.2. The molecule has 6 heteroatoms. The molecule has 0 aliphatic carbocycles. The minimum absolute atomic E-state index is 0.384. The van der Waals surface area contributed by atoms with Crippen LogP contribution in [-0.4, -0.2) is 30.1 Å². The molecular weight excluding hydrogens is 478 g/mol. The summed E-state index contributed by atoms with van der Waals surface area (Å²) >= 11 is 0. The van der Waals surface area contributed by atoms with E-state index in [9.17, 15) is 9.59 Å². The predicted molar refractivity (Wildman–Crippen MR) is 149 cm³/mol. The van der Waals surface area contributed by atoms with Gasteiger partial charge in [-0.2, -0.15) is 0 Å². The number of unbranched alkanes of at least 4 members (excludes halogenated alkanes) is 5. The van der Waals surface area contributed by atoms with Crippen LogP contribution in [0.2, 0.25) is 0 Å². The highest BCUT2D eigenvalue weighted by molar-refractivity contribution is 5.91. The van der Waals surface area contributed by atoms with Gasteiger partial charge in [-0.3, -0.25) is 4.98 Å². The van der Waals surface area contributed by atoms with Crippen LogP contribution >= 0.6 is 0 Å². The largest absolute Gasteiger partial charge is 0.494 e. The zero-order valence-electron chi connectivity index (χ0n) is 22.2. The van der Waals surface area contributed by atoms with Gasteiger partial charge in [-0.1, -0.05) is 32.4 Å². The van der Waals surface area contributed by atoms with Gasteiger partial charge in [0.05, 0.1) is 24.5 Å². The van der Waals surface area contributed by atoms with E-state index >= 15 is 0 Å². The third-order valence-electron chi connectivity index (χ3n) is 6.06. The molecule has 0 atom stereocenters. The van der Waals surface area contributed by atoms with E-state index in [0.29, 0.717) is 30.3 Å². The predicted octanol–water partition coefficient (Wildman–Crippen LogP) is 7.37. The summed E-state index contributed by atoms with van der Waals surface area (Å²) in [5.41, 5.74) is 3.58. The minimum Gasteiger partial charge on any atom is -0.494 e. The van der Waals surface area contributed by atoms with Gasteiger partial charge in [-0.15, -0.1) is 0 Å². The average molecular weight is 516 g/mol. The molecule has 0 N–H and O–H groups in total. The van der Waals surface area contributed by atoms with Crippen LogP contribution < -0.4 is 9.47 Å². The first-order valence-electron chi connectivity index (χ1n) is 13.4. The Morgan fingerprint density at radius 3 is 2.18 bits per heavy atom. The summed E-state index contributed by atoms with van der Waals surface area (Å²) in [4.78, 5) is 28.1. The Kier molecular flexibility index (Phi) is 12.1. The third kappa shape index (κ3) is 9.85. The maximum atomic E-state index is 12.6. The summed E-state index contributed by atoms with van der Waals surface area (Å²) in [5, 5.41) is 0. The van der Waals surface area contributed by atoms with Crippen LogP contribution in [0.25, 0.3) is 11.3 Å². The number of hydrogen-bond acceptors (Lipinski definition) is 6. The monoisotopic (exact) mass is 515 g/mol. The van der Waals surface area contributed by atoms with E-state index in [2.05, 4.69) is 24.6 Å². The SMILES string of the molecule is C=CC(=O)OCCCCCCOc1ccc(C(=O)Oc2ccc(-c3ccc(CCCCC)cn3)cc2)cc1.